The number of aliphatic imine (C=N–C) groups is 1. The Hall–Kier alpha value is -11.0. The van der Waals surface area contributed by atoms with Gasteiger partial charge in [0.1, 0.15) is 22.2 Å². The summed E-state index contributed by atoms with van der Waals surface area (Å²) in [4.78, 5) is 45.5. The number of aryl methyl sites for hydroxylation is 3. The van der Waals surface area contributed by atoms with Crippen molar-refractivity contribution in [1.82, 2.24) is 60.3 Å². The number of hydrogen-bond donors (Lipinski definition) is 9. The lowest BCUT2D eigenvalue weighted by Crippen LogP contribution is -2.51. The van der Waals surface area contributed by atoms with Crippen LogP contribution >= 0.6 is 11.3 Å². The monoisotopic (exact) mass is 1840 g/mol. The maximum Gasteiger partial charge on any atom is 0.266 e. The summed E-state index contributed by atoms with van der Waals surface area (Å²) in [6.45, 7) is 73.1. The normalized spacial score (nSPS) is 17.0. The van der Waals surface area contributed by atoms with Crippen LogP contribution in [0.2, 0.25) is 0 Å². The molecule has 2 aliphatic rings. The molecule has 1 fully saturated rings. The topological polar surface area (TPSA) is 396 Å². The molecule has 27 heteroatoms. The zero-order chi connectivity index (χ0) is 103. The predicted octanol–water partition coefficient (Wildman–Crippen LogP) is 16.5. The summed E-state index contributed by atoms with van der Waals surface area (Å²) in [7, 11) is 1.70. The number of aromatic nitrogens is 11. The molecule has 7 aromatic heterocycles. The zero-order valence-electron chi connectivity index (χ0n) is 86.4. The fourth-order valence-corrected chi connectivity index (χ4v) is 9.59. The first kappa shape index (κ1) is 120. The van der Waals surface area contributed by atoms with Crippen molar-refractivity contribution in [2.45, 2.75) is 326 Å². The van der Waals surface area contributed by atoms with Gasteiger partial charge in [-0.3, -0.25) is 24.7 Å². The smallest absolute Gasteiger partial charge is 0.266 e. The quantitative estimate of drug-likeness (QED) is 0.0638. The summed E-state index contributed by atoms with van der Waals surface area (Å²) in [5, 5.41) is 108. The molecular weight excluding hydrogens is 1700 g/mol. The van der Waals surface area contributed by atoms with Gasteiger partial charge in [-0.1, -0.05) is 129 Å². The molecule has 0 aliphatic carbocycles. The van der Waals surface area contributed by atoms with E-state index in [4.69, 9.17) is 13.5 Å². The van der Waals surface area contributed by atoms with Gasteiger partial charge in [0, 0.05) is 125 Å². The average molecular weight is 1850 g/mol. The summed E-state index contributed by atoms with van der Waals surface area (Å²) >= 11 is 1.42. The van der Waals surface area contributed by atoms with E-state index in [0.29, 0.717) is 70.7 Å². The Balaban J connectivity index is 0.000000748. The highest BCUT2D eigenvalue weighted by molar-refractivity contribution is 7.09. The summed E-state index contributed by atoms with van der Waals surface area (Å²) in [6.07, 6.45) is 16.1. The van der Waals surface area contributed by atoms with Gasteiger partial charge in [0.05, 0.1) is 24.1 Å². The van der Waals surface area contributed by atoms with Crippen molar-refractivity contribution >= 4 is 23.0 Å². The largest absolute Gasteiger partial charge is 0.421 e. The lowest BCUT2D eigenvalue weighted by molar-refractivity contribution is -0.148. The van der Waals surface area contributed by atoms with Crippen LogP contribution in [0.1, 0.15) is 312 Å². The van der Waals surface area contributed by atoms with Gasteiger partial charge in [-0.15, -0.1) is 21.5 Å². The number of rotatable bonds is 8. The molecule has 2 aliphatic heterocycles. The van der Waals surface area contributed by atoms with Gasteiger partial charge >= 0.3 is 0 Å². The molecule has 0 bridgehead atoms. The number of hydrogen-bond acceptors (Lipinski definition) is 26. The van der Waals surface area contributed by atoms with Crippen LogP contribution in [0.25, 0.3) is 0 Å². The average Bonchev–Trinajstić information content (AvgIpc) is 1.48. The Kier molecular flexibility index (Phi) is 44.0. The molecule has 0 saturated carbocycles. The molecule has 9 unspecified atom stereocenters. The molecule has 0 radical (unpaired) electrons. The van der Waals surface area contributed by atoms with Gasteiger partial charge in [0.25, 0.3) is 11.8 Å². The van der Waals surface area contributed by atoms with E-state index in [0.717, 1.165) is 6.42 Å². The van der Waals surface area contributed by atoms with Crippen molar-refractivity contribution in [2.24, 2.45) is 53.7 Å². The van der Waals surface area contributed by atoms with Crippen LogP contribution in [0.4, 0.5) is 0 Å². The van der Waals surface area contributed by atoms with Crippen molar-refractivity contribution in [1.29, 1.82) is 0 Å². The number of thiazole rings is 1. The SMILES string of the molecule is CC(C)(C)C#CC(C)(O)C1=NCC=C1.CC(C)(C)C#CC(C)(O)c1ccccn1.CC(C)(C)C#CC(C)(O)c1cnccn1.CC(C)(C)C#CC(C)(O)c1ncccn1.CC(C)(C)C#CC(C)(O)c1nccs1.CN1CCCC(O)(C#CC(C)(C)C)C1=O.Cc1cc(C(C)(O)C#CC(C)(C)C)no1.Cc1nc(C(C)(O)C#CC(C)(C)C)no1.Cc1nnc(C(C)(O)C#CC(C)(C)C)o1. The van der Waals surface area contributed by atoms with Gasteiger partial charge < -0.3 is 64.3 Å². The van der Waals surface area contributed by atoms with Gasteiger partial charge in [-0.2, -0.15) is 4.98 Å². The summed E-state index contributed by atoms with van der Waals surface area (Å²) < 4.78 is 14.8. The van der Waals surface area contributed by atoms with E-state index in [1.54, 1.807) is 143 Å². The standard InChI is InChI=1S/C13H17NO.2C12H16N2O.C12H17NO2.C12H19NO2.C12H17NO.2C11H16N2O2.C11H15NOS/c1-12(2,3)8-9-13(4,15)11-7-5-6-10-14-11;1-11(2,3)6-7-12(4,15)10-13-8-5-9-14-10;1-11(2,3)5-6-12(4,15)10-9-13-7-8-14-10;1-9-8-10(13-15-9)12(5,14)7-6-11(2,3)4;1-11(2,3)7-8-12(15)6-5-9-13(4)10(12)14;1-11(2,3)7-8-12(4,14)10-6-5-9-13-10;1-8-12-13-9(15-8)11(5,14)7-6-10(2,3)4;1-8-12-9(13-15-8)11(5,14)7-6-10(2,3)4;1-10(2,3)5-6-11(4,13)9-12-7-8-14-9/h5-7,10,15H,1-4H3;5,8-9,15H,1-4H3;7-9,15H,1-4H3;8,14H,1-5H3;15H,5-6,9H2,1-4H3;5-6,14H,9H2,1-4H3;2*14H,1-5H3;7-8,13H,1-4H3. The zero-order valence-corrected chi connectivity index (χ0v) is 87.2. The van der Waals surface area contributed by atoms with Crippen LogP contribution < -0.4 is 0 Å². The second-order valence-corrected chi connectivity index (χ2v) is 43.6. The number of carbonyl (C=O) groups excluding carboxylic acids is 1. The third-order valence-electron chi connectivity index (χ3n) is 16.1. The molecular formula is C106H149N13O13S. The summed E-state index contributed by atoms with van der Waals surface area (Å²) in [5.41, 5.74) is -10.4. The van der Waals surface area contributed by atoms with E-state index in [1.165, 1.54) is 17.5 Å². The van der Waals surface area contributed by atoms with E-state index in [1.807, 2.05) is 217 Å². The van der Waals surface area contributed by atoms with Crippen LogP contribution in [-0.2, 0) is 44.0 Å². The Morgan fingerprint density at radius 2 is 0.820 bits per heavy atom. The highest BCUT2D eigenvalue weighted by Gasteiger charge is 2.40. The van der Waals surface area contributed by atoms with E-state index >= 15 is 0 Å². The first-order valence-electron chi connectivity index (χ1n) is 43.7. The Morgan fingerprint density at radius 1 is 0.406 bits per heavy atom. The maximum atomic E-state index is 11.7. The van der Waals surface area contributed by atoms with Gasteiger partial charge in [-0.25, -0.2) is 15.0 Å². The fourth-order valence-electron chi connectivity index (χ4n) is 8.94. The summed E-state index contributed by atoms with van der Waals surface area (Å²) in [5.74, 6) is 54.0. The van der Waals surface area contributed by atoms with Crippen molar-refractivity contribution < 1.29 is 64.2 Å². The molecule has 1 saturated heterocycles. The lowest BCUT2D eigenvalue weighted by atomic mass is 9.90. The van der Waals surface area contributed by atoms with Gasteiger partial charge in [0.15, 0.2) is 45.0 Å². The highest BCUT2D eigenvalue weighted by atomic mass is 32.1. The second-order valence-electron chi connectivity index (χ2n) is 42.7. The minimum atomic E-state index is -1.46. The third-order valence-corrected chi connectivity index (χ3v) is 17.1. The number of piperidine rings is 1. The van der Waals surface area contributed by atoms with Crippen LogP contribution in [0.3, 0.4) is 0 Å². The molecule has 722 valence electrons. The van der Waals surface area contributed by atoms with Crippen LogP contribution in [0.5, 0.6) is 0 Å². The van der Waals surface area contributed by atoms with E-state index in [9.17, 15) is 50.8 Å². The van der Waals surface area contributed by atoms with Gasteiger partial charge in [0.2, 0.25) is 28.8 Å². The van der Waals surface area contributed by atoms with Crippen molar-refractivity contribution in [3.05, 3.63) is 148 Å². The van der Waals surface area contributed by atoms with E-state index in [2.05, 4.69) is 167 Å². The molecule has 0 spiro atoms. The molecule has 9 N–H and O–H groups in total. The predicted molar refractivity (Wildman–Crippen MR) is 526 cm³/mol. The Bertz CT molecular complexity index is 5150. The van der Waals surface area contributed by atoms with Crippen molar-refractivity contribution in [2.75, 3.05) is 20.1 Å². The fraction of sp³-hybridized carbons (Fsp3) is 0.575. The number of nitrogens with zero attached hydrogens (tertiary/aromatic N) is 13. The molecule has 9 heterocycles. The number of amides is 1. The number of pyridine rings is 1. The number of likely N-dealkylation sites (tertiary alicyclic amines) is 1. The number of aliphatic hydroxyl groups is 9. The molecule has 9 atom stereocenters. The Morgan fingerprint density at radius 3 is 1.19 bits per heavy atom. The minimum Gasteiger partial charge on any atom is -0.421 e. The number of carbonyl (C=O) groups is 1. The van der Waals surface area contributed by atoms with Crippen molar-refractivity contribution in [3.8, 4) is 107 Å². The Labute approximate surface area is 798 Å². The molecule has 26 nitrogen and oxygen atoms in total. The first-order chi connectivity index (χ1) is 59.9. The van der Waals surface area contributed by atoms with Crippen molar-refractivity contribution in [3.63, 3.8) is 0 Å². The van der Waals surface area contributed by atoms with Gasteiger partial charge in [-0.05, 0) is 286 Å². The third kappa shape index (κ3) is 51.7. The highest BCUT2D eigenvalue weighted by Crippen LogP contribution is 2.29. The molecule has 0 aromatic carbocycles. The maximum absolute atomic E-state index is 11.7. The number of likely N-dealkylation sites (N-methyl/N-ethyl adjacent to an activating group) is 1. The van der Waals surface area contributed by atoms with E-state index < -0.39 is 50.4 Å². The molecule has 133 heavy (non-hydrogen) atoms. The van der Waals surface area contributed by atoms with Crippen LogP contribution in [0.15, 0.2) is 110 Å². The van der Waals surface area contributed by atoms with Crippen LogP contribution in [0, 0.1) is 176 Å². The molecule has 1 amide bonds. The first-order valence-corrected chi connectivity index (χ1v) is 44.6. The molecule has 7 aromatic rings. The minimum absolute atomic E-state index is 0.0904. The lowest BCUT2D eigenvalue weighted by Gasteiger charge is -2.32. The second kappa shape index (κ2) is 48.8. The van der Waals surface area contributed by atoms with Crippen LogP contribution in [-0.4, -0.2) is 149 Å². The van der Waals surface area contributed by atoms with E-state index in [-0.39, 0.29) is 66.4 Å². The summed E-state index contributed by atoms with van der Waals surface area (Å²) in [6, 6.07) is 8.83. The molecule has 9 rings (SSSR count).